The summed E-state index contributed by atoms with van der Waals surface area (Å²) >= 11 is 5.64. The maximum atomic E-state index is 10.9. The molecule has 0 aliphatic rings. The van der Waals surface area contributed by atoms with Crippen molar-refractivity contribution in [1.82, 2.24) is 9.97 Å². The first kappa shape index (κ1) is 13.2. The number of rotatable bonds is 5. The zero-order chi connectivity index (χ0) is 12.2. The second kappa shape index (κ2) is 5.45. The number of hydrogen-bond acceptors (Lipinski definition) is 5. The van der Waals surface area contributed by atoms with Gasteiger partial charge in [0.25, 0.3) is 0 Å². The minimum atomic E-state index is -2.90. The van der Waals surface area contributed by atoms with E-state index in [2.05, 4.69) is 15.3 Å². The van der Waals surface area contributed by atoms with Gasteiger partial charge in [0.15, 0.2) is 0 Å². The number of sulfone groups is 1. The van der Waals surface area contributed by atoms with Gasteiger partial charge in [-0.05, 0) is 24.9 Å². The van der Waals surface area contributed by atoms with Crippen LogP contribution in [-0.4, -0.2) is 36.9 Å². The zero-order valence-electron chi connectivity index (χ0n) is 9.20. The summed E-state index contributed by atoms with van der Waals surface area (Å²) in [5.41, 5.74) is 0.878. The van der Waals surface area contributed by atoms with Crippen molar-refractivity contribution in [3.05, 3.63) is 17.0 Å². The molecule has 1 heterocycles. The molecular weight excluding hydrogens is 250 g/mol. The molecule has 5 nitrogen and oxygen atoms in total. The van der Waals surface area contributed by atoms with E-state index < -0.39 is 9.84 Å². The second-order valence-corrected chi connectivity index (χ2v) is 6.18. The van der Waals surface area contributed by atoms with Gasteiger partial charge in [-0.15, -0.1) is 0 Å². The van der Waals surface area contributed by atoms with E-state index in [4.69, 9.17) is 11.6 Å². The Morgan fingerprint density at radius 2 is 2.19 bits per heavy atom. The maximum absolute atomic E-state index is 10.9. The average molecular weight is 264 g/mol. The maximum Gasteiger partial charge on any atom is 0.224 e. The number of nitrogens with zero attached hydrogens (tertiary/aromatic N) is 2. The smallest absolute Gasteiger partial charge is 0.224 e. The molecule has 1 aromatic heterocycles. The summed E-state index contributed by atoms with van der Waals surface area (Å²) in [4.78, 5) is 7.83. The zero-order valence-corrected chi connectivity index (χ0v) is 10.8. The van der Waals surface area contributed by atoms with Crippen LogP contribution in [0.3, 0.4) is 0 Å². The van der Waals surface area contributed by atoms with Crippen molar-refractivity contribution in [2.45, 2.75) is 13.3 Å². The van der Waals surface area contributed by atoms with Crippen LogP contribution in [0.5, 0.6) is 0 Å². The van der Waals surface area contributed by atoms with Crippen LogP contribution < -0.4 is 5.32 Å². The molecule has 90 valence electrons. The highest BCUT2D eigenvalue weighted by atomic mass is 35.5. The fourth-order valence-electron chi connectivity index (χ4n) is 1.14. The SMILES string of the molecule is Cc1cnc(Cl)nc1NCCCS(C)(=O)=O. The Kier molecular flexibility index (Phi) is 4.49. The number of anilines is 1. The lowest BCUT2D eigenvalue weighted by Crippen LogP contribution is -2.11. The van der Waals surface area contributed by atoms with Crippen LogP contribution in [-0.2, 0) is 9.84 Å². The van der Waals surface area contributed by atoms with Gasteiger partial charge in [-0.3, -0.25) is 0 Å². The predicted molar refractivity (Wildman–Crippen MR) is 64.6 cm³/mol. The molecule has 0 saturated heterocycles. The van der Waals surface area contributed by atoms with Gasteiger partial charge in [0, 0.05) is 24.6 Å². The highest BCUT2D eigenvalue weighted by Gasteiger charge is 2.04. The molecule has 0 unspecified atom stereocenters. The van der Waals surface area contributed by atoms with Crippen LogP contribution in [0.15, 0.2) is 6.20 Å². The quantitative estimate of drug-likeness (QED) is 0.640. The third-order valence-corrected chi connectivity index (χ3v) is 3.14. The molecule has 16 heavy (non-hydrogen) atoms. The minimum absolute atomic E-state index is 0.165. The van der Waals surface area contributed by atoms with Crippen molar-refractivity contribution in [2.75, 3.05) is 23.9 Å². The highest BCUT2D eigenvalue weighted by Crippen LogP contribution is 2.12. The molecule has 0 atom stereocenters. The number of hydrogen-bond donors (Lipinski definition) is 1. The van der Waals surface area contributed by atoms with Crippen molar-refractivity contribution in [3.63, 3.8) is 0 Å². The first-order chi connectivity index (χ1) is 7.38. The molecule has 0 fully saturated rings. The largest absolute Gasteiger partial charge is 0.370 e. The standard InChI is InChI=1S/C9H14ClN3O2S/c1-7-6-12-9(10)13-8(7)11-4-3-5-16(2,14)15/h6H,3-5H2,1-2H3,(H,11,12,13). The van der Waals surface area contributed by atoms with Gasteiger partial charge >= 0.3 is 0 Å². The molecule has 0 bridgehead atoms. The molecule has 1 rings (SSSR count). The van der Waals surface area contributed by atoms with Gasteiger partial charge in [-0.2, -0.15) is 0 Å². The van der Waals surface area contributed by atoms with Crippen molar-refractivity contribution >= 4 is 27.3 Å². The summed E-state index contributed by atoms with van der Waals surface area (Å²) in [6.45, 7) is 2.40. The average Bonchev–Trinajstić information content (AvgIpc) is 2.16. The van der Waals surface area contributed by atoms with E-state index in [1.165, 1.54) is 6.26 Å². The van der Waals surface area contributed by atoms with E-state index in [1.54, 1.807) is 6.20 Å². The topological polar surface area (TPSA) is 72.0 Å². The first-order valence-electron chi connectivity index (χ1n) is 4.79. The lowest BCUT2D eigenvalue weighted by molar-refractivity contribution is 0.600. The van der Waals surface area contributed by atoms with Crippen LogP contribution in [0.2, 0.25) is 5.28 Å². The van der Waals surface area contributed by atoms with E-state index in [1.807, 2.05) is 6.92 Å². The van der Waals surface area contributed by atoms with Crippen LogP contribution in [0.1, 0.15) is 12.0 Å². The van der Waals surface area contributed by atoms with Crippen LogP contribution >= 0.6 is 11.6 Å². The van der Waals surface area contributed by atoms with Crippen LogP contribution in [0.25, 0.3) is 0 Å². The molecule has 0 aliphatic heterocycles. The number of halogens is 1. The molecule has 7 heteroatoms. The van der Waals surface area contributed by atoms with Crippen molar-refractivity contribution in [1.29, 1.82) is 0 Å². The van der Waals surface area contributed by atoms with E-state index >= 15 is 0 Å². The number of aromatic nitrogens is 2. The van der Waals surface area contributed by atoms with E-state index in [-0.39, 0.29) is 11.0 Å². The Hall–Kier alpha value is -0.880. The van der Waals surface area contributed by atoms with Crippen molar-refractivity contribution < 1.29 is 8.42 Å². The Balaban J connectivity index is 2.46. The molecular formula is C9H14ClN3O2S. The molecule has 0 radical (unpaired) electrons. The predicted octanol–water partition coefficient (Wildman–Crippen LogP) is 1.29. The minimum Gasteiger partial charge on any atom is -0.370 e. The summed E-state index contributed by atoms with van der Waals surface area (Å²) in [5, 5.41) is 3.20. The van der Waals surface area contributed by atoms with Crippen LogP contribution in [0, 0.1) is 6.92 Å². The van der Waals surface area contributed by atoms with Crippen molar-refractivity contribution in [2.24, 2.45) is 0 Å². The normalized spacial score (nSPS) is 11.4. The third-order valence-electron chi connectivity index (χ3n) is 1.93. The summed E-state index contributed by atoms with van der Waals surface area (Å²) in [5.74, 6) is 0.811. The van der Waals surface area contributed by atoms with Crippen LogP contribution in [0.4, 0.5) is 5.82 Å². The lowest BCUT2D eigenvalue weighted by Gasteiger charge is -2.07. The highest BCUT2D eigenvalue weighted by molar-refractivity contribution is 7.90. The Morgan fingerprint density at radius 3 is 2.81 bits per heavy atom. The molecule has 0 saturated carbocycles. The molecule has 0 aliphatic carbocycles. The van der Waals surface area contributed by atoms with Gasteiger partial charge in [0.1, 0.15) is 15.7 Å². The molecule has 0 aromatic carbocycles. The van der Waals surface area contributed by atoms with Crippen molar-refractivity contribution in [3.8, 4) is 0 Å². The second-order valence-electron chi connectivity index (χ2n) is 3.58. The lowest BCUT2D eigenvalue weighted by atomic mass is 10.3. The fraction of sp³-hybridized carbons (Fsp3) is 0.556. The summed E-state index contributed by atoms with van der Waals surface area (Å²) in [6, 6.07) is 0. The Bertz CT molecular complexity index is 462. The summed E-state index contributed by atoms with van der Waals surface area (Å²) in [6.07, 6.45) is 3.38. The van der Waals surface area contributed by atoms with E-state index in [0.717, 1.165) is 5.56 Å². The molecule has 0 amide bonds. The third kappa shape index (κ3) is 4.76. The van der Waals surface area contributed by atoms with Gasteiger partial charge in [-0.1, -0.05) is 0 Å². The summed E-state index contributed by atoms with van der Waals surface area (Å²) < 4.78 is 21.8. The molecule has 0 spiro atoms. The van der Waals surface area contributed by atoms with Gasteiger partial charge in [0.05, 0.1) is 5.75 Å². The monoisotopic (exact) mass is 263 g/mol. The number of aryl methyl sites for hydroxylation is 1. The van der Waals surface area contributed by atoms with E-state index in [9.17, 15) is 8.42 Å². The molecule has 1 aromatic rings. The number of nitrogens with one attached hydrogen (secondary N) is 1. The Labute approximate surface area is 100 Å². The Morgan fingerprint density at radius 1 is 1.50 bits per heavy atom. The van der Waals surface area contributed by atoms with E-state index in [0.29, 0.717) is 18.8 Å². The molecule has 1 N–H and O–H groups in total. The fourth-order valence-corrected chi connectivity index (χ4v) is 1.94. The summed E-state index contributed by atoms with van der Waals surface area (Å²) in [7, 11) is -2.90. The first-order valence-corrected chi connectivity index (χ1v) is 7.23. The van der Waals surface area contributed by atoms with Gasteiger partial charge in [-0.25, -0.2) is 18.4 Å². The van der Waals surface area contributed by atoms with Gasteiger partial charge in [0.2, 0.25) is 5.28 Å². The van der Waals surface area contributed by atoms with Gasteiger partial charge < -0.3 is 5.32 Å².